The largest absolute Gasteiger partial charge is 0.442 e. The van der Waals surface area contributed by atoms with E-state index in [0.717, 1.165) is 59.8 Å². The molecule has 0 atom stereocenters. The molecule has 0 aliphatic carbocycles. The predicted octanol–water partition coefficient (Wildman–Crippen LogP) is 5.66. The molecule has 2 aliphatic heterocycles. The smallest absolute Gasteiger partial charge is 0.435 e. The molecule has 4 heterocycles. The molecule has 1 fully saturated rings. The highest BCUT2D eigenvalue weighted by atomic mass is 32.1. The highest BCUT2D eigenvalue weighted by Gasteiger charge is 2.32. The van der Waals surface area contributed by atoms with Gasteiger partial charge in [0.15, 0.2) is 0 Å². The number of carbonyl (C=O) groups is 2. The number of morpholine rings is 1. The Bertz CT molecular complexity index is 1840. The molecule has 2 aromatic carbocycles. The average molecular weight is 611 g/mol. The van der Waals surface area contributed by atoms with Gasteiger partial charge < -0.3 is 20.1 Å². The number of hydrogen-bond donors (Lipinski definition) is 1. The Hall–Kier alpha value is -4.50. The lowest BCUT2D eigenvalue weighted by Crippen LogP contribution is -2.35. The summed E-state index contributed by atoms with van der Waals surface area (Å²) in [6, 6.07) is 15.6. The van der Waals surface area contributed by atoms with Gasteiger partial charge in [-0.25, -0.2) is 4.79 Å². The van der Waals surface area contributed by atoms with E-state index in [4.69, 9.17) is 20.3 Å². The summed E-state index contributed by atoms with van der Waals surface area (Å²) in [5, 5.41) is 14.8. The number of anilines is 1. The number of ether oxygens (including phenoxy) is 2. The Labute approximate surface area is 259 Å². The second-order valence-electron chi connectivity index (χ2n) is 12.1. The Balaban J connectivity index is 1.43. The Kier molecular flexibility index (Phi) is 7.75. The van der Waals surface area contributed by atoms with Crippen LogP contribution in [-0.2, 0) is 22.6 Å². The van der Waals surface area contributed by atoms with E-state index in [-0.39, 0.29) is 12.5 Å². The number of aromatic nitrogens is 2. The molecule has 2 aromatic heterocycles. The molecule has 0 spiro atoms. The summed E-state index contributed by atoms with van der Waals surface area (Å²) in [5.41, 5.74) is 10.5. The quantitative estimate of drug-likeness (QED) is 0.219. The second kappa shape index (κ2) is 11.5. The van der Waals surface area contributed by atoms with Crippen molar-refractivity contribution in [3.05, 3.63) is 70.6 Å². The van der Waals surface area contributed by atoms with E-state index in [1.54, 1.807) is 22.3 Å². The fourth-order valence-corrected chi connectivity index (χ4v) is 6.70. The second-order valence-corrected chi connectivity index (χ2v) is 13.2. The number of nitrogens with two attached hydrogens (primary N) is 1. The molecule has 11 heteroatoms. The van der Waals surface area contributed by atoms with Crippen LogP contribution in [0.5, 0.6) is 0 Å². The van der Waals surface area contributed by atoms with Gasteiger partial charge in [-0.05, 0) is 67.8 Å². The number of nitrogen functional groups attached to an aromatic ring is 1. The summed E-state index contributed by atoms with van der Waals surface area (Å²) in [6.45, 7) is 13.7. The molecular weight excluding hydrogens is 576 g/mol. The Morgan fingerprint density at radius 2 is 1.95 bits per heavy atom. The molecule has 1 saturated heterocycles. The first-order valence-electron chi connectivity index (χ1n) is 14.5. The Morgan fingerprint density at radius 3 is 2.68 bits per heavy atom. The zero-order valence-corrected chi connectivity index (χ0v) is 25.9. The summed E-state index contributed by atoms with van der Waals surface area (Å²) in [5.74, 6) is -0.221. The molecule has 0 unspecified atom stereocenters. The fraction of sp³-hybridized carbons (Fsp3) is 0.333. The van der Waals surface area contributed by atoms with Crippen LogP contribution in [0.4, 0.5) is 10.5 Å². The summed E-state index contributed by atoms with van der Waals surface area (Å²) < 4.78 is 12.5. The van der Waals surface area contributed by atoms with Gasteiger partial charge in [0.1, 0.15) is 11.3 Å². The van der Waals surface area contributed by atoms with Gasteiger partial charge in [-0.2, -0.15) is 15.0 Å². The van der Waals surface area contributed by atoms with Crippen LogP contribution >= 0.6 is 11.3 Å². The van der Waals surface area contributed by atoms with Crippen LogP contribution in [0.1, 0.15) is 41.6 Å². The predicted molar refractivity (Wildman–Crippen MR) is 170 cm³/mol. The molecule has 2 N–H and O–H groups in total. The number of thiophene rings is 1. The maximum Gasteiger partial charge on any atom is 0.435 e. The van der Waals surface area contributed by atoms with Crippen LogP contribution in [0.25, 0.3) is 32.6 Å². The lowest BCUT2D eigenvalue weighted by Gasteiger charge is -2.25. The van der Waals surface area contributed by atoms with Crippen LogP contribution in [-0.4, -0.2) is 70.0 Å². The number of benzene rings is 2. The third kappa shape index (κ3) is 5.71. The summed E-state index contributed by atoms with van der Waals surface area (Å²) in [4.78, 5) is 32.7. The fourth-order valence-electron chi connectivity index (χ4n) is 5.65. The molecule has 6 rings (SSSR count). The van der Waals surface area contributed by atoms with E-state index in [1.807, 2.05) is 57.2 Å². The standard InChI is InChI=1S/C33H34N6O4S/c1-20(16-34)17-38-19-25-23(7-8-26(35)29(25)31(38)40)21-5-9-27-24(15-21)30(36-39(27)32(41)43-33(2,3)4)28-10-6-22(44-28)18-37-11-13-42-14-12-37/h5-10,15H,1,11-14,17-19,35H2,2-4H3. The number of fused-ring (bicyclic) bond motifs is 2. The lowest BCUT2D eigenvalue weighted by atomic mass is 9.94. The van der Waals surface area contributed by atoms with Crippen LogP contribution in [0.2, 0.25) is 0 Å². The molecule has 44 heavy (non-hydrogen) atoms. The van der Waals surface area contributed by atoms with Gasteiger partial charge >= 0.3 is 6.09 Å². The van der Waals surface area contributed by atoms with E-state index in [9.17, 15) is 14.9 Å². The summed E-state index contributed by atoms with van der Waals surface area (Å²) in [7, 11) is 0. The topological polar surface area (TPSA) is 127 Å². The first-order chi connectivity index (χ1) is 21.0. The van der Waals surface area contributed by atoms with Crippen molar-refractivity contribution in [2.24, 2.45) is 0 Å². The molecular formula is C33H34N6O4S. The van der Waals surface area contributed by atoms with Crippen molar-refractivity contribution in [1.82, 2.24) is 19.6 Å². The Morgan fingerprint density at radius 1 is 1.18 bits per heavy atom. The van der Waals surface area contributed by atoms with E-state index in [1.165, 1.54) is 9.56 Å². The highest BCUT2D eigenvalue weighted by Crippen LogP contribution is 2.40. The minimum absolute atomic E-state index is 0.139. The van der Waals surface area contributed by atoms with E-state index >= 15 is 0 Å². The number of amides is 1. The van der Waals surface area contributed by atoms with Crippen molar-refractivity contribution in [3.8, 4) is 27.8 Å². The van der Waals surface area contributed by atoms with Crippen LogP contribution in [0, 0.1) is 11.3 Å². The summed E-state index contributed by atoms with van der Waals surface area (Å²) >= 11 is 1.65. The van der Waals surface area contributed by atoms with Crippen LogP contribution in [0.3, 0.4) is 0 Å². The van der Waals surface area contributed by atoms with Gasteiger partial charge in [0.25, 0.3) is 5.91 Å². The molecule has 2 aliphatic rings. The molecule has 226 valence electrons. The van der Waals surface area contributed by atoms with Gasteiger partial charge in [0.05, 0.1) is 41.8 Å². The van der Waals surface area contributed by atoms with Gasteiger partial charge in [0.2, 0.25) is 0 Å². The van der Waals surface area contributed by atoms with Gasteiger partial charge in [-0.15, -0.1) is 11.3 Å². The zero-order valence-electron chi connectivity index (χ0n) is 25.1. The molecule has 0 saturated carbocycles. The number of carbonyl (C=O) groups excluding carboxylic acids is 2. The van der Waals surface area contributed by atoms with Crippen LogP contribution in [0.15, 0.2) is 54.6 Å². The number of hydrogen-bond acceptors (Lipinski definition) is 9. The van der Waals surface area contributed by atoms with Crippen molar-refractivity contribution in [1.29, 1.82) is 5.26 Å². The SMILES string of the molecule is C=C(C#N)CN1Cc2c(-c3ccc4c(c3)c(-c3ccc(CN5CCOCC5)s3)nn4C(=O)OC(C)(C)C)ccc(N)c2C1=O. The van der Waals surface area contributed by atoms with Crippen LogP contribution < -0.4 is 5.73 Å². The summed E-state index contributed by atoms with van der Waals surface area (Å²) in [6.07, 6.45) is -0.557. The highest BCUT2D eigenvalue weighted by molar-refractivity contribution is 7.15. The van der Waals surface area contributed by atoms with Gasteiger partial charge in [-0.3, -0.25) is 9.69 Å². The number of nitrogens with zero attached hydrogens (tertiary/aromatic N) is 5. The van der Waals surface area contributed by atoms with Crippen molar-refractivity contribution in [2.45, 2.75) is 39.5 Å². The van der Waals surface area contributed by atoms with E-state index < -0.39 is 11.7 Å². The third-order valence-electron chi connectivity index (χ3n) is 7.67. The van der Waals surface area contributed by atoms with Crippen molar-refractivity contribution in [3.63, 3.8) is 0 Å². The number of nitriles is 1. The first-order valence-corrected chi connectivity index (χ1v) is 15.3. The van der Waals surface area contributed by atoms with Crippen molar-refractivity contribution < 1.29 is 19.1 Å². The minimum Gasteiger partial charge on any atom is -0.442 e. The molecule has 0 radical (unpaired) electrons. The first kappa shape index (κ1) is 29.6. The molecule has 0 bridgehead atoms. The zero-order chi connectivity index (χ0) is 31.2. The lowest BCUT2D eigenvalue weighted by molar-refractivity contribution is 0.0346. The average Bonchev–Trinajstić information content (AvgIpc) is 3.69. The third-order valence-corrected chi connectivity index (χ3v) is 8.75. The maximum absolute atomic E-state index is 13.3. The minimum atomic E-state index is -0.691. The molecule has 10 nitrogen and oxygen atoms in total. The van der Waals surface area contributed by atoms with Crippen molar-refractivity contribution in [2.75, 3.05) is 38.6 Å². The monoisotopic (exact) mass is 610 g/mol. The van der Waals surface area contributed by atoms with E-state index in [2.05, 4.69) is 17.5 Å². The number of rotatable bonds is 6. The van der Waals surface area contributed by atoms with E-state index in [0.29, 0.717) is 34.6 Å². The normalized spacial score (nSPS) is 15.4. The molecule has 1 amide bonds. The van der Waals surface area contributed by atoms with Gasteiger partial charge in [-0.1, -0.05) is 18.7 Å². The molecule has 4 aromatic rings. The maximum atomic E-state index is 13.3. The van der Waals surface area contributed by atoms with Crippen molar-refractivity contribution >= 4 is 39.9 Å². The van der Waals surface area contributed by atoms with Gasteiger partial charge in [0, 0.05) is 47.7 Å².